The van der Waals surface area contributed by atoms with Crippen molar-refractivity contribution in [3.63, 3.8) is 0 Å². The van der Waals surface area contributed by atoms with Crippen molar-refractivity contribution in [1.82, 2.24) is 9.55 Å². The Morgan fingerprint density at radius 1 is 1.22 bits per heavy atom. The van der Waals surface area contributed by atoms with E-state index in [9.17, 15) is 9.59 Å². The highest BCUT2D eigenvalue weighted by molar-refractivity contribution is 5.81. The first-order chi connectivity index (χ1) is 8.70. The highest BCUT2D eigenvalue weighted by Crippen LogP contribution is 2.32. The van der Waals surface area contributed by atoms with E-state index in [0.29, 0.717) is 42.2 Å². The number of rotatable bonds is 1. The van der Waals surface area contributed by atoms with E-state index in [4.69, 9.17) is 9.47 Å². The Morgan fingerprint density at radius 2 is 1.89 bits per heavy atom. The number of nitrogens with one attached hydrogen (secondary N) is 1. The number of aromatic nitrogens is 2. The van der Waals surface area contributed by atoms with Crippen molar-refractivity contribution in [2.75, 3.05) is 13.2 Å². The Hall–Kier alpha value is -2.24. The average molecular weight is 248 g/mol. The smallest absolute Gasteiger partial charge is 0.328 e. The molecule has 0 radical (unpaired) electrons. The molecule has 0 saturated heterocycles. The van der Waals surface area contributed by atoms with Crippen LogP contribution in [0.3, 0.4) is 0 Å². The zero-order valence-corrected chi connectivity index (χ0v) is 9.86. The maximum Gasteiger partial charge on any atom is 0.328 e. The minimum absolute atomic E-state index is 0.312. The van der Waals surface area contributed by atoms with Gasteiger partial charge in [-0.1, -0.05) is 0 Å². The van der Waals surface area contributed by atoms with Gasteiger partial charge in [0, 0.05) is 12.6 Å². The molecule has 6 nitrogen and oxygen atoms in total. The summed E-state index contributed by atoms with van der Waals surface area (Å²) >= 11 is 0. The van der Waals surface area contributed by atoms with Crippen molar-refractivity contribution in [2.45, 2.75) is 13.5 Å². The van der Waals surface area contributed by atoms with Crippen LogP contribution in [0, 0.1) is 0 Å². The monoisotopic (exact) mass is 248 g/mol. The molecule has 0 fully saturated rings. The van der Waals surface area contributed by atoms with E-state index in [1.807, 2.05) is 0 Å². The summed E-state index contributed by atoms with van der Waals surface area (Å²) < 4.78 is 12.0. The number of ether oxygens (including phenoxy) is 2. The normalized spacial score (nSPS) is 13.8. The Labute approximate surface area is 102 Å². The summed E-state index contributed by atoms with van der Waals surface area (Å²) in [6.45, 7) is 3.01. The highest BCUT2D eigenvalue weighted by Gasteiger charge is 2.15. The number of hydrogen-bond donors (Lipinski definition) is 1. The second-order valence-corrected chi connectivity index (χ2v) is 4.02. The fraction of sp³-hybridized carbons (Fsp3) is 0.333. The topological polar surface area (TPSA) is 73.3 Å². The van der Waals surface area contributed by atoms with Gasteiger partial charge >= 0.3 is 5.69 Å². The van der Waals surface area contributed by atoms with Crippen LogP contribution in [-0.2, 0) is 6.54 Å². The predicted molar refractivity (Wildman–Crippen MR) is 65.5 cm³/mol. The zero-order chi connectivity index (χ0) is 12.7. The average Bonchev–Trinajstić information content (AvgIpc) is 2.37. The lowest BCUT2D eigenvalue weighted by molar-refractivity contribution is 0.172. The van der Waals surface area contributed by atoms with Crippen molar-refractivity contribution in [1.29, 1.82) is 0 Å². The number of benzene rings is 1. The highest BCUT2D eigenvalue weighted by atomic mass is 16.6. The van der Waals surface area contributed by atoms with Crippen LogP contribution >= 0.6 is 0 Å². The van der Waals surface area contributed by atoms with Gasteiger partial charge in [-0.3, -0.25) is 9.36 Å². The van der Waals surface area contributed by atoms with Crippen LogP contribution in [0.15, 0.2) is 21.7 Å². The van der Waals surface area contributed by atoms with Crippen LogP contribution in [-0.4, -0.2) is 22.8 Å². The molecular weight excluding hydrogens is 236 g/mol. The lowest BCUT2D eigenvalue weighted by Crippen LogP contribution is -2.34. The molecule has 0 unspecified atom stereocenters. The molecule has 1 N–H and O–H groups in total. The molecule has 18 heavy (non-hydrogen) atoms. The van der Waals surface area contributed by atoms with Crippen molar-refractivity contribution < 1.29 is 9.47 Å². The van der Waals surface area contributed by atoms with Crippen molar-refractivity contribution in [3.05, 3.63) is 33.0 Å². The molecule has 0 atom stereocenters. The van der Waals surface area contributed by atoms with Crippen LogP contribution in [0.1, 0.15) is 6.92 Å². The van der Waals surface area contributed by atoms with Crippen LogP contribution < -0.4 is 20.7 Å². The van der Waals surface area contributed by atoms with Crippen molar-refractivity contribution in [3.8, 4) is 11.5 Å². The third-order valence-corrected chi connectivity index (χ3v) is 2.96. The molecule has 0 spiro atoms. The maximum atomic E-state index is 12.1. The summed E-state index contributed by atoms with van der Waals surface area (Å²) in [6.07, 6.45) is 0. The molecule has 0 aliphatic carbocycles. The molecule has 0 amide bonds. The van der Waals surface area contributed by atoms with Gasteiger partial charge in [0.25, 0.3) is 5.56 Å². The Balaban J connectivity index is 2.38. The first-order valence-corrected chi connectivity index (χ1v) is 5.77. The third-order valence-electron chi connectivity index (χ3n) is 2.96. The number of H-pyrrole nitrogens is 1. The lowest BCUT2D eigenvalue weighted by Gasteiger charge is -2.18. The summed E-state index contributed by atoms with van der Waals surface area (Å²) in [4.78, 5) is 26.5. The molecule has 2 aromatic rings. The number of fused-ring (bicyclic) bond motifs is 2. The molecule has 1 aliphatic heterocycles. The van der Waals surface area contributed by atoms with E-state index in [0.717, 1.165) is 4.57 Å². The molecule has 0 saturated carbocycles. The summed E-state index contributed by atoms with van der Waals surface area (Å²) in [7, 11) is 0. The van der Waals surface area contributed by atoms with Gasteiger partial charge < -0.3 is 14.5 Å². The van der Waals surface area contributed by atoms with Gasteiger partial charge in [-0.15, -0.1) is 0 Å². The van der Waals surface area contributed by atoms with Gasteiger partial charge in [0.05, 0.1) is 10.9 Å². The molecule has 2 heterocycles. The first-order valence-electron chi connectivity index (χ1n) is 5.77. The van der Waals surface area contributed by atoms with E-state index in [1.54, 1.807) is 19.1 Å². The van der Waals surface area contributed by atoms with Crippen molar-refractivity contribution in [2.24, 2.45) is 0 Å². The fourth-order valence-corrected chi connectivity index (χ4v) is 2.08. The molecule has 0 bridgehead atoms. The first kappa shape index (κ1) is 10.9. The predicted octanol–water partition coefficient (Wildman–Crippen LogP) is 0.481. The Bertz CT molecular complexity index is 729. The van der Waals surface area contributed by atoms with E-state index < -0.39 is 5.69 Å². The zero-order valence-electron chi connectivity index (χ0n) is 9.86. The number of nitrogens with zero attached hydrogens (tertiary/aromatic N) is 1. The molecule has 94 valence electrons. The summed E-state index contributed by atoms with van der Waals surface area (Å²) in [6, 6.07) is 3.25. The van der Waals surface area contributed by atoms with Gasteiger partial charge in [0.2, 0.25) is 0 Å². The van der Waals surface area contributed by atoms with Gasteiger partial charge in [-0.25, -0.2) is 4.79 Å². The molecule has 3 rings (SSSR count). The fourth-order valence-electron chi connectivity index (χ4n) is 2.08. The number of hydrogen-bond acceptors (Lipinski definition) is 4. The summed E-state index contributed by atoms with van der Waals surface area (Å²) in [5.74, 6) is 1.10. The molecular formula is C12H12N2O4. The third kappa shape index (κ3) is 1.49. The molecule has 1 aliphatic rings. The quantitative estimate of drug-likeness (QED) is 0.796. The van der Waals surface area contributed by atoms with E-state index in [1.165, 1.54) is 0 Å². The van der Waals surface area contributed by atoms with Crippen LogP contribution in [0.5, 0.6) is 11.5 Å². The Morgan fingerprint density at radius 3 is 2.56 bits per heavy atom. The van der Waals surface area contributed by atoms with E-state index in [-0.39, 0.29) is 5.56 Å². The van der Waals surface area contributed by atoms with Crippen LogP contribution in [0.2, 0.25) is 0 Å². The van der Waals surface area contributed by atoms with E-state index in [2.05, 4.69) is 4.98 Å². The summed E-state index contributed by atoms with van der Waals surface area (Å²) in [5.41, 5.74) is -0.251. The largest absolute Gasteiger partial charge is 0.486 e. The lowest BCUT2D eigenvalue weighted by atomic mass is 10.2. The standard InChI is InChI=1S/C12H12N2O4/c1-2-14-11(15)7-5-9-10(18-4-3-17-9)6-8(7)13-12(14)16/h5-6H,2-4H2,1H3,(H,13,16). The van der Waals surface area contributed by atoms with Gasteiger partial charge in [-0.05, 0) is 13.0 Å². The SMILES string of the molecule is CCn1c(=O)[nH]c2cc3c(cc2c1=O)OCCO3. The van der Waals surface area contributed by atoms with E-state index >= 15 is 0 Å². The minimum atomic E-state index is -0.410. The molecule has 1 aromatic carbocycles. The molecule has 6 heteroatoms. The van der Waals surface area contributed by atoms with Crippen LogP contribution in [0.25, 0.3) is 10.9 Å². The van der Waals surface area contributed by atoms with Gasteiger partial charge in [-0.2, -0.15) is 0 Å². The number of aromatic amines is 1. The second-order valence-electron chi connectivity index (χ2n) is 4.02. The maximum absolute atomic E-state index is 12.1. The molecule has 1 aromatic heterocycles. The summed E-state index contributed by atoms with van der Waals surface area (Å²) in [5, 5.41) is 0.431. The van der Waals surface area contributed by atoms with Crippen molar-refractivity contribution >= 4 is 10.9 Å². The second kappa shape index (κ2) is 3.90. The van der Waals surface area contributed by atoms with Crippen LogP contribution in [0.4, 0.5) is 0 Å². The van der Waals surface area contributed by atoms with Gasteiger partial charge in [0.15, 0.2) is 11.5 Å². The minimum Gasteiger partial charge on any atom is -0.486 e. The Kier molecular flexibility index (Phi) is 2.36. The van der Waals surface area contributed by atoms with Gasteiger partial charge in [0.1, 0.15) is 13.2 Å².